The van der Waals surface area contributed by atoms with Crippen LogP contribution >= 0.6 is 0 Å². The van der Waals surface area contributed by atoms with Crippen molar-refractivity contribution in [1.29, 1.82) is 0 Å². The number of methoxy groups -OCH3 is 2. The van der Waals surface area contributed by atoms with Gasteiger partial charge in [0.2, 0.25) is 11.6 Å². The van der Waals surface area contributed by atoms with E-state index in [1.807, 2.05) is 0 Å². The predicted octanol–water partition coefficient (Wildman–Crippen LogP) is 1.27. The number of nitro groups is 1. The molecular weight excluding hydrogens is 346 g/mol. The molecular formula is C14H12F2N2O7. The Kier molecular flexibility index (Phi) is 5.27. The normalized spacial score (nSPS) is 14.3. The molecule has 9 nitrogen and oxygen atoms in total. The maximum absolute atomic E-state index is 13.9. The van der Waals surface area contributed by atoms with E-state index in [0.29, 0.717) is 12.1 Å². The highest BCUT2D eigenvalue weighted by molar-refractivity contribution is 6.03. The number of nitro benzene ring substituents is 1. The average molecular weight is 358 g/mol. The van der Waals surface area contributed by atoms with Crippen LogP contribution in [0.15, 0.2) is 23.4 Å². The smallest absolute Gasteiger partial charge is 0.355 e. The van der Waals surface area contributed by atoms with Crippen LogP contribution in [0, 0.1) is 21.7 Å². The molecule has 0 radical (unpaired) electrons. The highest BCUT2D eigenvalue weighted by Gasteiger charge is 2.34. The number of nitrogens with zero attached hydrogens (tertiary/aromatic N) is 2. The van der Waals surface area contributed by atoms with Gasteiger partial charge in [0, 0.05) is 17.8 Å². The molecule has 0 unspecified atom stereocenters. The fourth-order valence-electron chi connectivity index (χ4n) is 2.23. The summed E-state index contributed by atoms with van der Waals surface area (Å²) in [7, 11) is 2.13. The number of hydrogen-bond acceptors (Lipinski definition) is 8. The van der Waals surface area contributed by atoms with E-state index in [9.17, 15) is 28.5 Å². The van der Waals surface area contributed by atoms with Crippen molar-refractivity contribution in [3.8, 4) is 0 Å². The lowest BCUT2D eigenvalue weighted by Gasteiger charge is -2.31. The molecule has 11 heteroatoms. The second-order valence-corrected chi connectivity index (χ2v) is 4.73. The van der Waals surface area contributed by atoms with Gasteiger partial charge in [0.05, 0.1) is 31.3 Å². The first-order valence-corrected chi connectivity index (χ1v) is 6.70. The van der Waals surface area contributed by atoms with E-state index in [2.05, 4.69) is 9.47 Å². The third-order valence-electron chi connectivity index (χ3n) is 3.33. The Morgan fingerprint density at radius 2 is 1.76 bits per heavy atom. The predicted molar refractivity (Wildman–Crippen MR) is 77.4 cm³/mol. The Bertz CT molecular complexity index is 755. The van der Waals surface area contributed by atoms with Gasteiger partial charge < -0.3 is 19.1 Å². The molecule has 0 spiro atoms. The van der Waals surface area contributed by atoms with Gasteiger partial charge in [0.15, 0.2) is 0 Å². The number of rotatable bonds is 4. The van der Waals surface area contributed by atoms with Gasteiger partial charge in [0.25, 0.3) is 0 Å². The zero-order valence-corrected chi connectivity index (χ0v) is 13.1. The second-order valence-electron chi connectivity index (χ2n) is 4.73. The number of ether oxygens (including phenoxy) is 3. The van der Waals surface area contributed by atoms with E-state index in [0.717, 1.165) is 19.1 Å². The quantitative estimate of drug-likeness (QED) is 0.450. The van der Waals surface area contributed by atoms with Crippen LogP contribution in [0.5, 0.6) is 0 Å². The lowest BCUT2D eigenvalue weighted by atomic mass is 10.1. The molecule has 0 bridgehead atoms. The Balaban J connectivity index is 2.62. The first kappa shape index (κ1) is 18.3. The van der Waals surface area contributed by atoms with Crippen molar-refractivity contribution in [2.24, 2.45) is 0 Å². The molecule has 134 valence electrons. The molecule has 2 rings (SSSR count). The van der Waals surface area contributed by atoms with Gasteiger partial charge >= 0.3 is 17.6 Å². The van der Waals surface area contributed by atoms with Gasteiger partial charge in [-0.1, -0.05) is 0 Å². The van der Waals surface area contributed by atoms with Crippen molar-refractivity contribution in [1.82, 2.24) is 0 Å². The Labute approximate surface area is 139 Å². The fourth-order valence-corrected chi connectivity index (χ4v) is 2.23. The van der Waals surface area contributed by atoms with Gasteiger partial charge in [-0.25, -0.2) is 9.59 Å². The fraction of sp³-hybridized carbons (Fsp3) is 0.286. The number of carbonyl (C=O) groups is 2. The van der Waals surface area contributed by atoms with Crippen molar-refractivity contribution in [3.05, 3.63) is 45.2 Å². The van der Waals surface area contributed by atoms with Crippen LogP contribution in [-0.2, 0) is 23.8 Å². The van der Waals surface area contributed by atoms with Crippen molar-refractivity contribution < 1.29 is 37.5 Å². The van der Waals surface area contributed by atoms with Gasteiger partial charge in [-0.05, 0) is 0 Å². The largest absolute Gasteiger partial charge is 0.466 e. The number of benzene rings is 1. The van der Waals surface area contributed by atoms with Crippen LogP contribution in [0.2, 0.25) is 0 Å². The molecule has 0 N–H and O–H groups in total. The lowest BCUT2D eigenvalue weighted by molar-refractivity contribution is -0.390. The maximum atomic E-state index is 13.9. The van der Waals surface area contributed by atoms with Gasteiger partial charge in [0.1, 0.15) is 12.4 Å². The minimum Gasteiger partial charge on any atom is -0.466 e. The third-order valence-corrected chi connectivity index (χ3v) is 3.33. The van der Waals surface area contributed by atoms with Crippen LogP contribution in [0.1, 0.15) is 0 Å². The zero-order chi connectivity index (χ0) is 18.7. The van der Waals surface area contributed by atoms with Crippen molar-refractivity contribution in [2.45, 2.75) is 0 Å². The van der Waals surface area contributed by atoms with E-state index in [4.69, 9.17) is 4.74 Å². The molecule has 1 aromatic rings. The molecule has 0 fully saturated rings. The number of anilines is 1. The number of hydrogen-bond donors (Lipinski definition) is 0. The molecule has 0 amide bonds. The van der Waals surface area contributed by atoms with Crippen molar-refractivity contribution >= 4 is 23.3 Å². The van der Waals surface area contributed by atoms with E-state index in [-0.39, 0.29) is 30.3 Å². The van der Waals surface area contributed by atoms with E-state index >= 15 is 0 Å². The van der Waals surface area contributed by atoms with Crippen LogP contribution in [0.25, 0.3) is 0 Å². The van der Waals surface area contributed by atoms with E-state index < -0.39 is 34.2 Å². The SMILES string of the molecule is COC(=O)C1=C(C(=O)OC)N(c2cc(F)c([N+](=O)[O-])c(F)c2)COC1. The standard InChI is InChI=1S/C14H12F2N2O7/c1-23-13(19)8-5-25-6-17(11(8)14(20)24-2)7-3-9(15)12(18(21)22)10(16)4-7/h3-4H,5-6H2,1-2H3. The first-order valence-electron chi connectivity index (χ1n) is 6.70. The number of carbonyl (C=O) groups excluding carboxylic acids is 2. The van der Waals surface area contributed by atoms with Crippen molar-refractivity contribution in [2.75, 3.05) is 32.5 Å². The van der Waals surface area contributed by atoms with Crippen LogP contribution in [0.4, 0.5) is 20.2 Å². The van der Waals surface area contributed by atoms with E-state index in [1.165, 1.54) is 0 Å². The van der Waals surface area contributed by atoms with Gasteiger partial charge in [-0.15, -0.1) is 0 Å². The summed E-state index contributed by atoms with van der Waals surface area (Å²) in [6.45, 7) is -0.632. The summed E-state index contributed by atoms with van der Waals surface area (Å²) < 4.78 is 42.0. The average Bonchev–Trinajstić information content (AvgIpc) is 2.58. The molecule has 0 aliphatic carbocycles. The van der Waals surface area contributed by atoms with Crippen LogP contribution in [0.3, 0.4) is 0 Å². The molecule has 0 atom stereocenters. The second kappa shape index (κ2) is 7.21. The molecule has 0 saturated heterocycles. The summed E-state index contributed by atoms with van der Waals surface area (Å²) in [5, 5.41) is 10.7. The summed E-state index contributed by atoms with van der Waals surface area (Å²) in [5.41, 5.74) is -2.17. The number of esters is 2. The van der Waals surface area contributed by atoms with Crippen LogP contribution in [-0.4, -0.2) is 44.4 Å². The Morgan fingerprint density at radius 1 is 1.20 bits per heavy atom. The maximum Gasteiger partial charge on any atom is 0.355 e. The lowest BCUT2D eigenvalue weighted by Crippen LogP contribution is -2.38. The molecule has 1 aromatic carbocycles. The third kappa shape index (κ3) is 3.40. The first-order chi connectivity index (χ1) is 11.8. The van der Waals surface area contributed by atoms with E-state index in [1.54, 1.807) is 0 Å². The molecule has 25 heavy (non-hydrogen) atoms. The monoisotopic (exact) mass is 358 g/mol. The molecule has 0 aromatic heterocycles. The minimum absolute atomic E-state index is 0.222. The van der Waals surface area contributed by atoms with Crippen molar-refractivity contribution in [3.63, 3.8) is 0 Å². The topological polar surface area (TPSA) is 108 Å². The molecule has 1 aliphatic heterocycles. The van der Waals surface area contributed by atoms with Gasteiger partial charge in [-0.2, -0.15) is 8.78 Å². The highest BCUT2D eigenvalue weighted by Crippen LogP contribution is 2.32. The Morgan fingerprint density at radius 3 is 2.24 bits per heavy atom. The molecule has 0 saturated carbocycles. The van der Waals surface area contributed by atoms with Crippen LogP contribution < -0.4 is 4.90 Å². The summed E-state index contributed by atoms with van der Waals surface area (Å²) in [6.07, 6.45) is 0. The summed E-state index contributed by atoms with van der Waals surface area (Å²) in [4.78, 5) is 34.3. The van der Waals surface area contributed by atoms with Gasteiger partial charge in [-0.3, -0.25) is 10.1 Å². The summed E-state index contributed by atoms with van der Waals surface area (Å²) in [6, 6.07) is 1.29. The highest BCUT2D eigenvalue weighted by atomic mass is 19.1. The zero-order valence-electron chi connectivity index (χ0n) is 13.1. The molecule has 1 heterocycles. The Hall–Kier alpha value is -3.08. The number of halogens is 2. The summed E-state index contributed by atoms with van der Waals surface area (Å²) in [5.74, 6) is -4.76. The summed E-state index contributed by atoms with van der Waals surface area (Å²) >= 11 is 0. The minimum atomic E-state index is -1.45. The molecule has 1 aliphatic rings.